The number of aromatic nitrogens is 1. The summed E-state index contributed by atoms with van der Waals surface area (Å²) >= 11 is 0. The van der Waals surface area contributed by atoms with E-state index in [0.717, 1.165) is 80.7 Å². The maximum atomic E-state index is 12.9. The second-order valence-electron chi connectivity index (χ2n) is 11.1. The third kappa shape index (κ3) is 4.10. The van der Waals surface area contributed by atoms with Crippen LogP contribution in [0.1, 0.15) is 31.7 Å². The number of nitrogens with one attached hydrogen (secondary N) is 1. The highest BCUT2D eigenvalue weighted by Crippen LogP contribution is 2.59. The van der Waals surface area contributed by atoms with Gasteiger partial charge in [0.1, 0.15) is 5.82 Å². The molecule has 1 spiro atoms. The first-order valence-electron chi connectivity index (χ1n) is 13.1. The molecule has 3 unspecified atom stereocenters. The van der Waals surface area contributed by atoms with E-state index in [1.54, 1.807) is 0 Å². The Morgan fingerprint density at radius 3 is 2.64 bits per heavy atom. The van der Waals surface area contributed by atoms with Gasteiger partial charge in [-0.25, -0.2) is 4.98 Å². The molecule has 0 bridgehead atoms. The molecule has 1 saturated carbocycles. The largest absolute Gasteiger partial charge is 0.389 e. The van der Waals surface area contributed by atoms with Crippen LogP contribution in [0, 0.1) is 11.3 Å². The quantitative estimate of drug-likeness (QED) is 0.664. The number of carbonyl (C=O) groups is 1. The Balaban J connectivity index is 1.18. The summed E-state index contributed by atoms with van der Waals surface area (Å²) in [6, 6.07) is 6.29. The van der Waals surface area contributed by atoms with E-state index in [-0.39, 0.29) is 22.8 Å². The number of piperazine rings is 1. The van der Waals surface area contributed by atoms with Crippen molar-refractivity contribution < 1.29 is 19.4 Å². The average molecular weight is 493 g/mol. The standard InChI is InChI=1S/C28H36N4O4/c1-3-19-12-21-16-29-25(30-26(34)22-15-28(22)4-10-35-11-5-28)14-20(21)13-23(19)31-6-8-32(9-7-31)27(2)18-36-17-24(27)33/h3,12-14,16,22,24,33H,1,4-11,15,17-18H2,2H3,(H,29,30,34). The number of aliphatic hydroxyl groups excluding tert-OH is 1. The summed E-state index contributed by atoms with van der Waals surface area (Å²) in [6.45, 7) is 12.1. The van der Waals surface area contributed by atoms with Crippen LogP contribution in [0.4, 0.5) is 11.5 Å². The van der Waals surface area contributed by atoms with Crippen LogP contribution < -0.4 is 10.2 Å². The molecule has 1 aliphatic carbocycles. The number of anilines is 2. The van der Waals surface area contributed by atoms with Crippen LogP contribution in [0.5, 0.6) is 0 Å². The second-order valence-corrected chi connectivity index (χ2v) is 11.1. The van der Waals surface area contributed by atoms with E-state index >= 15 is 0 Å². The number of hydrogen-bond acceptors (Lipinski definition) is 7. The fourth-order valence-electron chi connectivity index (χ4n) is 6.38. The van der Waals surface area contributed by atoms with Crippen LogP contribution in [0.3, 0.4) is 0 Å². The smallest absolute Gasteiger partial charge is 0.229 e. The molecule has 36 heavy (non-hydrogen) atoms. The maximum Gasteiger partial charge on any atom is 0.229 e. The van der Waals surface area contributed by atoms with Crippen molar-refractivity contribution in [1.82, 2.24) is 9.88 Å². The van der Waals surface area contributed by atoms with Crippen molar-refractivity contribution in [2.75, 3.05) is 62.8 Å². The summed E-state index contributed by atoms with van der Waals surface area (Å²) in [7, 11) is 0. The number of hydrogen-bond donors (Lipinski definition) is 2. The van der Waals surface area contributed by atoms with E-state index in [1.807, 2.05) is 18.3 Å². The fourth-order valence-corrected chi connectivity index (χ4v) is 6.38. The lowest BCUT2D eigenvalue weighted by Gasteiger charge is -2.45. The van der Waals surface area contributed by atoms with Gasteiger partial charge in [0, 0.05) is 62.6 Å². The van der Waals surface area contributed by atoms with Crippen molar-refractivity contribution in [3.8, 4) is 0 Å². The van der Waals surface area contributed by atoms with Crippen molar-refractivity contribution >= 4 is 34.3 Å². The number of aliphatic hydroxyl groups is 1. The van der Waals surface area contributed by atoms with Gasteiger partial charge in [-0.2, -0.15) is 0 Å². The molecular formula is C28H36N4O4. The van der Waals surface area contributed by atoms with Crippen LogP contribution in [0.15, 0.2) is 31.0 Å². The van der Waals surface area contributed by atoms with Crippen LogP contribution >= 0.6 is 0 Å². The zero-order valence-electron chi connectivity index (χ0n) is 21.0. The molecule has 1 aromatic heterocycles. The van der Waals surface area contributed by atoms with Crippen molar-refractivity contribution in [3.63, 3.8) is 0 Å². The van der Waals surface area contributed by atoms with Gasteiger partial charge in [0.15, 0.2) is 0 Å². The Bertz CT molecular complexity index is 1170. The summed E-state index contributed by atoms with van der Waals surface area (Å²) < 4.78 is 11.0. The van der Waals surface area contributed by atoms with E-state index in [2.05, 4.69) is 45.7 Å². The number of fused-ring (bicyclic) bond motifs is 1. The van der Waals surface area contributed by atoms with Crippen LogP contribution in [-0.4, -0.2) is 85.1 Å². The number of carbonyl (C=O) groups excluding carboxylic acids is 1. The number of ether oxygens (including phenoxy) is 2. The molecule has 4 heterocycles. The van der Waals surface area contributed by atoms with Crippen molar-refractivity contribution in [2.45, 2.75) is 37.8 Å². The van der Waals surface area contributed by atoms with E-state index in [1.165, 1.54) is 0 Å². The number of benzene rings is 1. The molecular weight excluding hydrogens is 456 g/mol. The Hall–Kier alpha value is -2.52. The summed E-state index contributed by atoms with van der Waals surface area (Å²) in [5, 5.41) is 15.6. The van der Waals surface area contributed by atoms with Crippen molar-refractivity contribution in [1.29, 1.82) is 0 Å². The number of nitrogens with zero attached hydrogens (tertiary/aromatic N) is 3. The Morgan fingerprint density at radius 2 is 1.94 bits per heavy atom. The van der Waals surface area contributed by atoms with Gasteiger partial charge in [-0.05, 0) is 60.7 Å². The third-order valence-electron chi connectivity index (χ3n) is 9.06. The van der Waals surface area contributed by atoms with Crippen molar-refractivity contribution in [3.05, 3.63) is 36.5 Å². The highest BCUT2D eigenvalue weighted by molar-refractivity contribution is 5.97. The molecule has 3 saturated heterocycles. The lowest BCUT2D eigenvalue weighted by molar-refractivity contribution is -0.118. The minimum Gasteiger partial charge on any atom is -0.389 e. The molecule has 8 heteroatoms. The topological polar surface area (TPSA) is 87.2 Å². The monoisotopic (exact) mass is 492 g/mol. The van der Waals surface area contributed by atoms with Gasteiger partial charge < -0.3 is 24.8 Å². The molecule has 0 radical (unpaired) electrons. The molecule has 8 nitrogen and oxygen atoms in total. The molecule has 1 aromatic carbocycles. The van der Waals surface area contributed by atoms with Crippen LogP contribution in [0.25, 0.3) is 16.8 Å². The molecule has 4 aliphatic rings. The predicted molar refractivity (Wildman–Crippen MR) is 140 cm³/mol. The summed E-state index contributed by atoms with van der Waals surface area (Å²) in [4.78, 5) is 22.2. The summed E-state index contributed by atoms with van der Waals surface area (Å²) in [5.74, 6) is 0.751. The van der Waals surface area contributed by atoms with E-state index in [0.29, 0.717) is 19.0 Å². The average Bonchev–Trinajstić information content (AvgIpc) is 3.48. The van der Waals surface area contributed by atoms with E-state index in [4.69, 9.17) is 9.47 Å². The lowest BCUT2D eigenvalue weighted by atomic mass is 9.93. The van der Waals surface area contributed by atoms with Crippen LogP contribution in [0.2, 0.25) is 0 Å². The first-order valence-corrected chi connectivity index (χ1v) is 13.1. The van der Waals surface area contributed by atoms with E-state index < -0.39 is 6.10 Å². The van der Waals surface area contributed by atoms with E-state index in [9.17, 15) is 9.90 Å². The Morgan fingerprint density at radius 1 is 1.17 bits per heavy atom. The normalized spacial score (nSPS) is 30.0. The van der Waals surface area contributed by atoms with Gasteiger partial charge in [0.25, 0.3) is 0 Å². The Labute approximate surface area is 212 Å². The molecule has 2 N–H and O–H groups in total. The van der Waals surface area contributed by atoms with Gasteiger partial charge >= 0.3 is 0 Å². The zero-order valence-corrected chi connectivity index (χ0v) is 21.0. The first-order chi connectivity index (χ1) is 17.4. The molecule has 3 aliphatic heterocycles. The summed E-state index contributed by atoms with van der Waals surface area (Å²) in [6.07, 6.45) is 6.18. The Kier molecular flexibility index (Phi) is 6.03. The van der Waals surface area contributed by atoms with Gasteiger partial charge in [-0.1, -0.05) is 12.7 Å². The molecule has 6 rings (SSSR count). The first kappa shape index (κ1) is 23.9. The molecule has 3 atom stereocenters. The zero-order chi connectivity index (χ0) is 24.9. The van der Waals surface area contributed by atoms with Gasteiger partial charge in [-0.3, -0.25) is 9.69 Å². The number of pyridine rings is 1. The van der Waals surface area contributed by atoms with Crippen molar-refractivity contribution in [2.24, 2.45) is 11.3 Å². The predicted octanol–water partition coefficient (Wildman–Crippen LogP) is 2.90. The maximum absolute atomic E-state index is 12.9. The second kappa shape index (κ2) is 9.10. The number of amides is 1. The minimum absolute atomic E-state index is 0.0690. The molecule has 4 fully saturated rings. The molecule has 192 valence electrons. The SMILES string of the molecule is C=Cc1cc2cnc(NC(=O)C3CC34CCOCC4)cc2cc1N1CCN(C2(C)COCC2O)CC1. The van der Waals surface area contributed by atoms with Gasteiger partial charge in [0.2, 0.25) is 5.91 Å². The van der Waals surface area contributed by atoms with Crippen LogP contribution in [-0.2, 0) is 14.3 Å². The number of rotatable bonds is 5. The fraction of sp³-hybridized carbons (Fsp3) is 0.571. The molecule has 2 aromatic rings. The summed E-state index contributed by atoms with van der Waals surface area (Å²) in [5.41, 5.74) is 2.03. The highest BCUT2D eigenvalue weighted by atomic mass is 16.5. The highest BCUT2D eigenvalue weighted by Gasteiger charge is 2.58. The van der Waals surface area contributed by atoms with Gasteiger partial charge in [-0.15, -0.1) is 0 Å². The third-order valence-corrected chi connectivity index (χ3v) is 9.06. The molecule has 1 amide bonds. The lowest BCUT2D eigenvalue weighted by Crippen LogP contribution is -2.60. The minimum atomic E-state index is -0.452. The van der Waals surface area contributed by atoms with Gasteiger partial charge in [0.05, 0.1) is 24.9 Å².